The van der Waals surface area contributed by atoms with Crippen LogP contribution in [0.2, 0.25) is 0 Å². The van der Waals surface area contributed by atoms with E-state index >= 15 is 0 Å². The number of hydrogen-bond donors (Lipinski definition) is 1. The molecule has 2 nitrogen and oxygen atoms in total. The average Bonchev–Trinajstić information content (AvgIpc) is 2.24. The second-order valence-electron chi connectivity index (χ2n) is 4.50. The molecule has 1 atom stereocenters. The zero-order valence-electron chi connectivity index (χ0n) is 10.8. The third-order valence-electron chi connectivity index (χ3n) is 2.74. The molecule has 0 fully saturated rings. The molecule has 1 aromatic carbocycles. The first kappa shape index (κ1) is 13.7. The van der Waals surface area contributed by atoms with E-state index in [0.29, 0.717) is 12.1 Å². The predicted octanol–water partition coefficient (Wildman–Crippen LogP) is 3.25. The zero-order valence-corrected chi connectivity index (χ0v) is 10.8. The molecule has 0 aromatic heterocycles. The summed E-state index contributed by atoms with van der Waals surface area (Å²) in [5.74, 6) is -0.243. The molecule has 0 bridgehead atoms. The fourth-order valence-electron chi connectivity index (χ4n) is 1.95. The van der Waals surface area contributed by atoms with E-state index in [4.69, 9.17) is 5.73 Å². The van der Waals surface area contributed by atoms with Crippen LogP contribution in [-0.4, -0.2) is 12.6 Å². The maximum Gasteiger partial charge on any atom is 0.130 e. The van der Waals surface area contributed by atoms with Gasteiger partial charge in [-0.15, -0.1) is 6.58 Å². The molecular weight excluding hydrogens is 215 g/mol. The lowest BCUT2D eigenvalue weighted by atomic mass is 10.0. The van der Waals surface area contributed by atoms with E-state index in [0.717, 1.165) is 5.69 Å². The second-order valence-corrected chi connectivity index (χ2v) is 4.50. The third-order valence-corrected chi connectivity index (χ3v) is 2.74. The van der Waals surface area contributed by atoms with Crippen molar-refractivity contribution in [2.75, 3.05) is 11.4 Å². The Balaban J connectivity index is 3.27. The molecule has 0 amide bonds. The summed E-state index contributed by atoms with van der Waals surface area (Å²) in [5.41, 5.74) is 7.29. The lowest BCUT2D eigenvalue weighted by Gasteiger charge is -2.31. The molecule has 0 saturated heterocycles. The van der Waals surface area contributed by atoms with Crippen LogP contribution in [0.4, 0.5) is 10.1 Å². The topological polar surface area (TPSA) is 29.3 Å². The van der Waals surface area contributed by atoms with Gasteiger partial charge in [-0.25, -0.2) is 4.39 Å². The SMILES string of the molecule is C=CCN(c1cccc(F)c1[C@@H](C)N)C(C)C. The smallest absolute Gasteiger partial charge is 0.130 e. The van der Waals surface area contributed by atoms with E-state index in [9.17, 15) is 4.39 Å². The van der Waals surface area contributed by atoms with Crippen molar-refractivity contribution < 1.29 is 4.39 Å². The minimum absolute atomic E-state index is 0.243. The maximum absolute atomic E-state index is 13.8. The number of anilines is 1. The van der Waals surface area contributed by atoms with Crippen molar-refractivity contribution in [1.82, 2.24) is 0 Å². The van der Waals surface area contributed by atoms with Crippen molar-refractivity contribution in [2.24, 2.45) is 5.73 Å². The van der Waals surface area contributed by atoms with Crippen molar-refractivity contribution >= 4 is 5.69 Å². The molecule has 2 N–H and O–H groups in total. The largest absolute Gasteiger partial charge is 0.365 e. The minimum Gasteiger partial charge on any atom is -0.365 e. The number of nitrogens with zero attached hydrogens (tertiary/aromatic N) is 1. The molecule has 0 aliphatic carbocycles. The molecule has 0 radical (unpaired) electrons. The van der Waals surface area contributed by atoms with Crippen molar-refractivity contribution in [3.63, 3.8) is 0 Å². The first-order valence-corrected chi connectivity index (χ1v) is 5.90. The summed E-state index contributed by atoms with van der Waals surface area (Å²) in [6, 6.07) is 5.03. The van der Waals surface area contributed by atoms with Crippen molar-refractivity contribution in [2.45, 2.75) is 32.9 Å². The van der Waals surface area contributed by atoms with E-state index in [1.807, 2.05) is 12.1 Å². The average molecular weight is 236 g/mol. The summed E-state index contributed by atoms with van der Waals surface area (Å²) in [6.45, 7) is 10.4. The number of nitrogens with two attached hydrogens (primary N) is 1. The first-order chi connectivity index (χ1) is 7.99. The molecule has 17 heavy (non-hydrogen) atoms. The third kappa shape index (κ3) is 3.07. The molecule has 1 aromatic rings. The van der Waals surface area contributed by atoms with Gasteiger partial charge < -0.3 is 10.6 Å². The monoisotopic (exact) mass is 236 g/mol. The van der Waals surface area contributed by atoms with Gasteiger partial charge in [-0.05, 0) is 32.9 Å². The number of halogens is 1. The van der Waals surface area contributed by atoms with E-state index in [1.54, 1.807) is 13.0 Å². The second kappa shape index (κ2) is 5.82. The van der Waals surface area contributed by atoms with Gasteiger partial charge in [-0.1, -0.05) is 12.1 Å². The Kier molecular flexibility index (Phi) is 4.70. The van der Waals surface area contributed by atoms with Crippen LogP contribution in [0.5, 0.6) is 0 Å². The van der Waals surface area contributed by atoms with Gasteiger partial charge in [-0.3, -0.25) is 0 Å². The Morgan fingerprint density at radius 3 is 2.53 bits per heavy atom. The molecule has 0 aliphatic rings. The fraction of sp³-hybridized carbons (Fsp3) is 0.429. The number of rotatable bonds is 5. The van der Waals surface area contributed by atoms with Crippen LogP contribution >= 0.6 is 0 Å². The molecule has 0 aliphatic heterocycles. The molecule has 0 heterocycles. The zero-order chi connectivity index (χ0) is 13.0. The Hall–Kier alpha value is -1.35. The lowest BCUT2D eigenvalue weighted by Crippen LogP contribution is -2.32. The van der Waals surface area contributed by atoms with E-state index in [1.165, 1.54) is 6.07 Å². The van der Waals surface area contributed by atoms with Crippen LogP contribution in [0.15, 0.2) is 30.9 Å². The highest BCUT2D eigenvalue weighted by atomic mass is 19.1. The van der Waals surface area contributed by atoms with Crippen molar-refractivity contribution in [3.8, 4) is 0 Å². The maximum atomic E-state index is 13.8. The van der Waals surface area contributed by atoms with Crippen LogP contribution in [0.1, 0.15) is 32.4 Å². The Morgan fingerprint density at radius 1 is 1.41 bits per heavy atom. The van der Waals surface area contributed by atoms with Crippen LogP contribution in [0.25, 0.3) is 0 Å². The highest BCUT2D eigenvalue weighted by Crippen LogP contribution is 2.29. The predicted molar refractivity (Wildman–Crippen MR) is 71.7 cm³/mol. The van der Waals surface area contributed by atoms with E-state index in [-0.39, 0.29) is 17.9 Å². The standard InChI is InChI=1S/C14H21FN2/c1-5-9-17(10(2)3)13-8-6-7-12(15)14(13)11(4)16/h5-8,10-11H,1,9,16H2,2-4H3/t11-/m1/s1. The lowest BCUT2D eigenvalue weighted by molar-refractivity contribution is 0.589. The van der Waals surface area contributed by atoms with Crippen LogP contribution in [0.3, 0.4) is 0 Å². The van der Waals surface area contributed by atoms with Gasteiger partial charge in [0.25, 0.3) is 0 Å². The number of benzene rings is 1. The Bertz CT molecular complexity index is 386. The molecule has 0 spiro atoms. The first-order valence-electron chi connectivity index (χ1n) is 5.90. The van der Waals surface area contributed by atoms with Crippen LogP contribution < -0.4 is 10.6 Å². The summed E-state index contributed by atoms with van der Waals surface area (Å²) in [4.78, 5) is 2.09. The summed E-state index contributed by atoms with van der Waals surface area (Å²) >= 11 is 0. The van der Waals surface area contributed by atoms with Gasteiger partial charge >= 0.3 is 0 Å². The van der Waals surface area contributed by atoms with Crippen LogP contribution in [0, 0.1) is 5.82 Å². The van der Waals surface area contributed by atoms with E-state index < -0.39 is 0 Å². The summed E-state index contributed by atoms with van der Waals surface area (Å²) in [7, 11) is 0. The van der Waals surface area contributed by atoms with Gasteiger partial charge in [0, 0.05) is 29.9 Å². The molecular formula is C14H21FN2. The molecule has 0 saturated carbocycles. The van der Waals surface area contributed by atoms with Gasteiger partial charge in [0.15, 0.2) is 0 Å². The van der Waals surface area contributed by atoms with Gasteiger partial charge in [0.05, 0.1) is 0 Å². The summed E-state index contributed by atoms with van der Waals surface area (Å²) < 4.78 is 13.8. The summed E-state index contributed by atoms with van der Waals surface area (Å²) in [5, 5.41) is 0. The molecule has 94 valence electrons. The Labute approximate surface area is 103 Å². The Morgan fingerprint density at radius 2 is 2.06 bits per heavy atom. The number of hydrogen-bond acceptors (Lipinski definition) is 2. The quantitative estimate of drug-likeness (QED) is 0.795. The van der Waals surface area contributed by atoms with E-state index in [2.05, 4.69) is 25.3 Å². The van der Waals surface area contributed by atoms with Crippen molar-refractivity contribution in [1.29, 1.82) is 0 Å². The fourth-order valence-corrected chi connectivity index (χ4v) is 1.95. The minimum atomic E-state index is -0.322. The van der Waals surface area contributed by atoms with Gasteiger partial charge in [-0.2, -0.15) is 0 Å². The van der Waals surface area contributed by atoms with Gasteiger partial charge in [0.1, 0.15) is 5.82 Å². The molecule has 1 rings (SSSR count). The van der Waals surface area contributed by atoms with Crippen LogP contribution in [-0.2, 0) is 0 Å². The highest BCUT2D eigenvalue weighted by molar-refractivity contribution is 5.56. The highest BCUT2D eigenvalue weighted by Gasteiger charge is 2.18. The van der Waals surface area contributed by atoms with Gasteiger partial charge in [0.2, 0.25) is 0 Å². The molecule has 0 unspecified atom stereocenters. The normalized spacial score (nSPS) is 12.6. The molecule has 3 heteroatoms. The van der Waals surface area contributed by atoms with Crippen molar-refractivity contribution in [3.05, 3.63) is 42.2 Å². The summed E-state index contributed by atoms with van der Waals surface area (Å²) in [6.07, 6.45) is 1.82.